The number of aromatic amines is 1. The molecule has 0 radical (unpaired) electrons. The number of phenolic OH excluding ortho intramolecular Hbond substituents is 1. The largest absolute Gasteiger partial charge is 0.506 e. The number of hydrogen-bond acceptors (Lipinski definition) is 9. The molecule has 1 aromatic heterocycles. The van der Waals surface area contributed by atoms with Crippen LogP contribution in [0.4, 0.5) is 11.4 Å². The maximum atomic E-state index is 13.8. The lowest BCUT2D eigenvalue weighted by Crippen LogP contribution is -2.47. The average molecular weight is 544 g/mol. The molecule has 3 heterocycles. The van der Waals surface area contributed by atoms with Crippen molar-refractivity contribution in [3.63, 3.8) is 0 Å². The van der Waals surface area contributed by atoms with E-state index in [2.05, 4.69) is 10.3 Å². The first kappa shape index (κ1) is 25.5. The molecule has 0 spiro atoms. The third kappa shape index (κ3) is 3.52. The number of carbonyl (C=O) groups is 3. The molecule has 200 valence electrons. The van der Waals surface area contributed by atoms with Crippen molar-refractivity contribution in [3.05, 3.63) is 35.0 Å². The highest BCUT2D eigenvalue weighted by atomic mass is 35.5. The zero-order chi connectivity index (χ0) is 27.5. The van der Waals surface area contributed by atoms with Crippen LogP contribution in [0.3, 0.4) is 0 Å². The number of fused-ring (bicyclic) bond motifs is 4. The molecular weight excluding hydrogens is 518 g/mol. The summed E-state index contributed by atoms with van der Waals surface area (Å²) in [6, 6.07) is 4.72. The lowest BCUT2D eigenvalue weighted by Gasteiger charge is -2.33. The number of ether oxygens (including phenoxy) is 4. The lowest BCUT2D eigenvalue weighted by atomic mass is 9.88. The molecule has 0 unspecified atom stereocenters. The number of nitrogens with zero attached hydrogens (tertiary/aromatic N) is 1. The van der Waals surface area contributed by atoms with Crippen LogP contribution in [0.25, 0.3) is 10.9 Å². The third-order valence-corrected chi connectivity index (χ3v) is 7.33. The second kappa shape index (κ2) is 9.02. The zero-order valence-electron chi connectivity index (χ0n) is 21.4. The average Bonchev–Trinajstić information content (AvgIpc) is 3.46. The Morgan fingerprint density at radius 1 is 1.11 bits per heavy atom. The second-order valence-corrected chi connectivity index (χ2v) is 9.84. The van der Waals surface area contributed by atoms with Crippen LogP contribution in [0, 0.1) is 0 Å². The summed E-state index contributed by atoms with van der Waals surface area (Å²) in [7, 11) is 5.65. The van der Waals surface area contributed by atoms with E-state index in [1.54, 1.807) is 12.1 Å². The summed E-state index contributed by atoms with van der Waals surface area (Å²) in [4.78, 5) is 44.2. The van der Waals surface area contributed by atoms with Crippen LogP contribution in [-0.4, -0.2) is 73.7 Å². The normalized spacial score (nSPS) is 20.0. The number of benzene rings is 2. The zero-order valence-corrected chi connectivity index (χ0v) is 22.1. The van der Waals surface area contributed by atoms with Gasteiger partial charge in [0.05, 0.1) is 56.3 Å². The fourth-order valence-corrected chi connectivity index (χ4v) is 5.50. The summed E-state index contributed by atoms with van der Waals surface area (Å²) in [6.45, 7) is 1.51. The predicted octanol–water partition coefficient (Wildman–Crippen LogP) is 3.25. The number of amides is 1. The Hall–Kier alpha value is -4.12. The number of H-pyrrole nitrogens is 1. The highest BCUT2D eigenvalue weighted by Gasteiger charge is 2.52. The smallest absolute Gasteiger partial charge is 0.339 e. The first-order valence-corrected chi connectivity index (χ1v) is 12.1. The van der Waals surface area contributed by atoms with Gasteiger partial charge in [-0.3, -0.25) is 9.59 Å². The van der Waals surface area contributed by atoms with Crippen LogP contribution in [0.5, 0.6) is 23.0 Å². The fraction of sp³-hybridized carbons (Fsp3) is 0.346. The highest BCUT2D eigenvalue weighted by molar-refractivity contribution is 6.27. The molecule has 2 aliphatic heterocycles. The van der Waals surface area contributed by atoms with Gasteiger partial charge in [0, 0.05) is 24.1 Å². The molecule has 3 N–H and O–H groups in total. The molecule has 0 saturated heterocycles. The van der Waals surface area contributed by atoms with E-state index >= 15 is 0 Å². The maximum absolute atomic E-state index is 13.8. The number of nitrogens with one attached hydrogen (secondary N) is 2. The van der Waals surface area contributed by atoms with Gasteiger partial charge in [-0.2, -0.15) is 0 Å². The van der Waals surface area contributed by atoms with Gasteiger partial charge >= 0.3 is 5.97 Å². The lowest BCUT2D eigenvalue weighted by molar-refractivity contribution is -0.143. The van der Waals surface area contributed by atoms with E-state index in [4.69, 9.17) is 30.5 Å². The van der Waals surface area contributed by atoms with Gasteiger partial charge in [0.2, 0.25) is 11.5 Å². The van der Waals surface area contributed by atoms with Crippen molar-refractivity contribution in [2.45, 2.75) is 24.3 Å². The molecule has 0 saturated carbocycles. The van der Waals surface area contributed by atoms with Crippen LogP contribution >= 0.6 is 11.6 Å². The standard InChI is InChI=1S/C26H26ClN3O8/c1-26(25(34)38-5)23(32)19-13-6-11(27)10-30(16(13)9-17(31)20(19)29-26)24(33)15-7-12-14(28-15)8-18(35-2)22(37-4)21(12)36-3/h7-9,11,28-29,31H,6,10H2,1-5H3/t11-,26+/m0/s1. The molecule has 5 rings (SSSR count). The number of rotatable bonds is 5. The summed E-state index contributed by atoms with van der Waals surface area (Å²) in [5.41, 5.74) is 0.0801. The van der Waals surface area contributed by atoms with E-state index in [1.165, 1.54) is 46.3 Å². The van der Waals surface area contributed by atoms with E-state index in [9.17, 15) is 19.5 Å². The number of halogens is 1. The van der Waals surface area contributed by atoms with Gasteiger partial charge in [0.1, 0.15) is 11.4 Å². The number of alkyl halides is 1. The Balaban J connectivity index is 1.63. The van der Waals surface area contributed by atoms with Crippen LogP contribution in [0.1, 0.15) is 33.3 Å². The first-order chi connectivity index (χ1) is 18.1. The minimum Gasteiger partial charge on any atom is -0.506 e. The van der Waals surface area contributed by atoms with Crippen molar-refractivity contribution in [1.82, 2.24) is 4.98 Å². The van der Waals surface area contributed by atoms with Crippen molar-refractivity contribution in [3.8, 4) is 23.0 Å². The number of aromatic nitrogens is 1. The number of esters is 1. The third-order valence-electron chi connectivity index (χ3n) is 7.04. The summed E-state index contributed by atoms with van der Waals surface area (Å²) in [5, 5.41) is 13.7. The summed E-state index contributed by atoms with van der Waals surface area (Å²) < 4.78 is 21.2. The van der Waals surface area contributed by atoms with Crippen LogP contribution in [-0.2, 0) is 16.0 Å². The Morgan fingerprint density at radius 2 is 1.82 bits per heavy atom. The van der Waals surface area contributed by atoms with Gasteiger partial charge in [0.25, 0.3) is 5.91 Å². The molecule has 2 atom stereocenters. The van der Waals surface area contributed by atoms with E-state index in [-0.39, 0.29) is 35.7 Å². The van der Waals surface area contributed by atoms with Crippen molar-refractivity contribution in [1.29, 1.82) is 0 Å². The Labute approximate surface area is 222 Å². The molecule has 3 aromatic rings. The van der Waals surface area contributed by atoms with Crippen LogP contribution in [0.2, 0.25) is 0 Å². The number of methoxy groups -OCH3 is 4. The van der Waals surface area contributed by atoms with E-state index < -0.39 is 28.6 Å². The van der Waals surface area contributed by atoms with Crippen molar-refractivity contribution >= 4 is 51.5 Å². The molecule has 2 aliphatic rings. The summed E-state index contributed by atoms with van der Waals surface area (Å²) in [6.07, 6.45) is 0.253. The van der Waals surface area contributed by atoms with E-state index in [1.807, 2.05) is 0 Å². The Kier molecular flexibility index (Phi) is 6.06. The molecule has 12 heteroatoms. The minimum absolute atomic E-state index is 0.106. The quantitative estimate of drug-likeness (QED) is 0.191. The number of ketones is 1. The number of phenols is 1. The second-order valence-electron chi connectivity index (χ2n) is 9.22. The minimum atomic E-state index is -1.72. The van der Waals surface area contributed by atoms with Crippen molar-refractivity contribution in [2.75, 3.05) is 45.2 Å². The van der Waals surface area contributed by atoms with Gasteiger partial charge in [-0.25, -0.2) is 4.79 Å². The van der Waals surface area contributed by atoms with Gasteiger partial charge in [-0.1, -0.05) is 0 Å². The topological polar surface area (TPSA) is 139 Å². The molecule has 0 aliphatic carbocycles. The van der Waals surface area contributed by atoms with Gasteiger partial charge in [-0.15, -0.1) is 11.6 Å². The molecule has 11 nitrogen and oxygen atoms in total. The maximum Gasteiger partial charge on any atom is 0.339 e. The van der Waals surface area contributed by atoms with Gasteiger partial charge in [0.15, 0.2) is 17.0 Å². The van der Waals surface area contributed by atoms with E-state index in [0.29, 0.717) is 39.4 Å². The molecule has 2 aromatic carbocycles. The molecular formula is C26H26ClN3O8. The summed E-state index contributed by atoms with van der Waals surface area (Å²) in [5.74, 6) is -0.901. The Bertz CT molecular complexity index is 1520. The van der Waals surface area contributed by atoms with Crippen LogP contribution in [0.15, 0.2) is 18.2 Å². The molecule has 0 bridgehead atoms. The SMILES string of the molecule is COC(=O)[C@]1(C)Nc2c(O)cc3c(c2C1=O)C[C@H](Cl)CN3C(=O)c1cc2c(OC)c(OC)c(OC)cc2[nH]1. The van der Waals surface area contributed by atoms with Crippen molar-refractivity contribution < 1.29 is 38.4 Å². The number of Topliss-reactive ketones (excluding diaryl/α,β-unsaturated/α-hetero) is 1. The summed E-state index contributed by atoms with van der Waals surface area (Å²) >= 11 is 6.58. The van der Waals surface area contributed by atoms with Crippen LogP contribution < -0.4 is 24.4 Å². The number of hydrogen-bond donors (Lipinski definition) is 3. The number of carbonyl (C=O) groups excluding carboxylic acids is 3. The van der Waals surface area contributed by atoms with E-state index in [0.717, 1.165) is 0 Å². The van der Waals surface area contributed by atoms with Crippen molar-refractivity contribution in [2.24, 2.45) is 0 Å². The highest BCUT2D eigenvalue weighted by Crippen LogP contribution is 2.48. The van der Waals surface area contributed by atoms with Gasteiger partial charge in [-0.05, 0) is 25.0 Å². The fourth-order valence-electron chi connectivity index (χ4n) is 5.21. The number of aromatic hydroxyl groups is 1. The Morgan fingerprint density at radius 3 is 2.45 bits per heavy atom. The molecule has 38 heavy (non-hydrogen) atoms. The molecule has 1 amide bonds. The molecule has 0 fully saturated rings. The first-order valence-electron chi connectivity index (χ1n) is 11.7. The number of anilines is 2. The monoisotopic (exact) mass is 543 g/mol. The van der Waals surface area contributed by atoms with Gasteiger partial charge < -0.3 is 39.3 Å². The predicted molar refractivity (Wildman–Crippen MR) is 139 cm³/mol.